The standard InChI is InChI=1S/C27H27ClN2O6S/c1-18-4-9-21(10-5-18)30-26(31)17-23(27(30)32)29(37(33,34)22-11-7-20(28)8-12-22)15-14-19-6-13-24(35-2)25(16-19)36-3/h4-13,16,23H,14-15,17H2,1-3H3. The molecular weight excluding hydrogens is 516 g/mol. The number of amides is 2. The van der Waals surface area contributed by atoms with E-state index in [1.54, 1.807) is 42.5 Å². The van der Waals surface area contributed by atoms with Crippen molar-refractivity contribution in [2.45, 2.75) is 30.7 Å². The molecule has 0 radical (unpaired) electrons. The van der Waals surface area contributed by atoms with Crippen molar-refractivity contribution in [2.75, 3.05) is 25.7 Å². The van der Waals surface area contributed by atoms with Gasteiger partial charge in [0, 0.05) is 11.6 Å². The number of ether oxygens (including phenoxy) is 2. The predicted octanol–water partition coefficient (Wildman–Crippen LogP) is 4.23. The Morgan fingerprint density at radius 1 is 0.946 bits per heavy atom. The Morgan fingerprint density at radius 3 is 2.22 bits per heavy atom. The molecule has 194 valence electrons. The smallest absolute Gasteiger partial charge is 0.252 e. The molecule has 1 unspecified atom stereocenters. The molecule has 0 spiro atoms. The van der Waals surface area contributed by atoms with E-state index >= 15 is 0 Å². The largest absolute Gasteiger partial charge is 0.493 e. The van der Waals surface area contributed by atoms with E-state index in [0.29, 0.717) is 22.2 Å². The van der Waals surface area contributed by atoms with Crippen molar-refractivity contribution in [2.24, 2.45) is 0 Å². The summed E-state index contributed by atoms with van der Waals surface area (Å²) in [6.45, 7) is 1.86. The number of imide groups is 1. The molecule has 1 saturated heterocycles. The predicted molar refractivity (Wildman–Crippen MR) is 141 cm³/mol. The van der Waals surface area contributed by atoms with Crippen molar-refractivity contribution in [3.05, 3.63) is 82.9 Å². The van der Waals surface area contributed by atoms with Gasteiger partial charge in [-0.25, -0.2) is 13.3 Å². The number of nitrogens with zero attached hydrogens (tertiary/aromatic N) is 2. The minimum absolute atomic E-state index is 0.0155. The van der Waals surface area contributed by atoms with Gasteiger partial charge in [0.25, 0.3) is 5.91 Å². The molecule has 1 fully saturated rings. The summed E-state index contributed by atoms with van der Waals surface area (Å²) < 4.78 is 39.3. The number of hydrogen-bond acceptors (Lipinski definition) is 6. The van der Waals surface area contributed by atoms with Gasteiger partial charge in [-0.2, -0.15) is 4.31 Å². The summed E-state index contributed by atoms with van der Waals surface area (Å²) in [4.78, 5) is 27.5. The third-order valence-electron chi connectivity index (χ3n) is 6.25. The van der Waals surface area contributed by atoms with E-state index in [0.717, 1.165) is 20.3 Å². The van der Waals surface area contributed by atoms with Gasteiger partial charge in [0.05, 0.1) is 31.2 Å². The van der Waals surface area contributed by atoms with Gasteiger partial charge in [0.2, 0.25) is 15.9 Å². The first-order valence-corrected chi connectivity index (χ1v) is 13.4. The number of aryl methyl sites for hydroxylation is 1. The van der Waals surface area contributed by atoms with Crippen LogP contribution in [0.4, 0.5) is 5.69 Å². The Labute approximate surface area is 221 Å². The lowest BCUT2D eigenvalue weighted by molar-refractivity contribution is -0.122. The fourth-order valence-electron chi connectivity index (χ4n) is 4.27. The van der Waals surface area contributed by atoms with Crippen LogP contribution in [0.2, 0.25) is 5.02 Å². The van der Waals surface area contributed by atoms with Crippen LogP contribution in [0, 0.1) is 6.92 Å². The second-order valence-corrected chi connectivity index (χ2v) is 11.0. The van der Waals surface area contributed by atoms with E-state index in [-0.39, 0.29) is 24.3 Å². The van der Waals surface area contributed by atoms with Gasteiger partial charge in [-0.15, -0.1) is 0 Å². The minimum Gasteiger partial charge on any atom is -0.493 e. The quantitative estimate of drug-likeness (QED) is 0.376. The monoisotopic (exact) mass is 542 g/mol. The Bertz CT molecular complexity index is 1410. The second kappa shape index (κ2) is 10.9. The summed E-state index contributed by atoms with van der Waals surface area (Å²) in [6, 6.07) is 16.8. The van der Waals surface area contributed by atoms with Crippen LogP contribution in [0.5, 0.6) is 11.5 Å². The number of rotatable bonds is 9. The molecular formula is C27H27ClN2O6S. The Kier molecular flexibility index (Phi) is 7.87. The normalized spacial score (nSPS) is 15.9. The van der Waals surface area contributed by atoms with Gasteiger partial charge in [-0.05, 0) is 67.4 Å². The van der Waals surface area contributed by atoms with E-state index in [9.17, 15) is 18.0 Å². The van der Waals surface area contributed by atoms with Crippen LogP contribution in [0.1, 0.15) is 17.5 Å². The van der Waals surface area contributed by atoms with Crippen LogP contribution in [0.25, 0.3) is 0 Å². The van der Waals surface area contributed by atoms with Crippen molar-refractivity contribution in [1.29, 1.82) is 0 Å². The van der Waals surface area contributed by atoms with Crippen LogP contribution in [0.15, 0.2) is 71.6 Å². The molecule has 1 aliphatic heterocycles. The first-order valence-electron chi connectivity index (χ1n) is 11.6. The number of halogens is 1. The molecule has 0 aromatic heterocycles. The Balaban J connectivity index is 1.69. The summed E-state index contributed by atoms with van der Waals surface area (Å²) in [7, 11) is -1.11. The van der Waals surface area contributed by atoms with Crippen LogP contribution in [0.3, 0.4) is 0 Å². The maximum atomic E-state index is 13.8. The molecule has 3 aromatic rings. The zero-order chi connectivity index (χ0) is 26.7. The van der Waals surface area contributed by atoms with Gasteiger partial charge < -0.3 is 9.47 Å². The molecule has 2 amide bonds. The highest BCUT2D eigenvalue weighted by molar-refractivity contribution is 7.89. The first-order chi connectivity index (χ1) is 17.6. The lowest BCUT2D eigenvalue weighted by atomic mass is 10.1. The van der Waals surface area contributed by atoms with Gasteiger partial charge in [-0.1, -0.05) is 35.4 Å². The summed E-state index contributed by atoms with van der Waals surface area (Å²) in [6.07, 6.45) is 0.0150. The van der Waals surface area contributed by atoms with E-state index in [1.165, 1.54) is 38.5 Å². The average Bonchev–Trinajstić information content (AvgIpc) is 3.17. The van der Waals surface area contributed by atoms with Crippen LogP contribution >= 0.6 is 11.6 Å². The molecule has 8 nitrogen and oxygen atoms in total. The molecule has 10 heteroatoms. The number of sulfonamides is 1. The summed E-state index contributed by atoms with van der Waals surface area (Å²) in [5, 5.41) is 0.383. The number of anilines is 1. The maximum absolute atomic E-state index is 13.8. The number of carbonyl (C=O) groups is 2. The van der Waals surface area contributed by atoms with Gasteiger partial charge in [0.1, 0.15) is 6.04 Å². The van der Waals surface area contributed by atoms with Crippen molar-refractivity contribution in [3.8, 4) is 11.5 Å². The highest BCUT2D eigenvalue weighted by atomic mass is 35.5. The Hall–Kier alpha value is -3.40. The molecule has 0 aliphatic carbocycles. The zero-order valence-corrected chi connectivity index (χ0v) is 22.3. The van der Waals surface area contributed by atoms with Crippen molar-refractivity contribution in [3.63, 3.8) is 0 Å². The fourth-order valence-corrected chi connectivity index (χ4v) is 5.98. The number of methoxy groups -OCH3 is 2. The maximum Gasteiger partial charge on any atom is 0.252 e. The molecule has 1 atom stereocenters. The van der Waals surface area contributed by atoms with Crippen LogP contribution in [-0.2, 0) is 26.0 Å². The van der Waals surface area contributed by atoms with E-state index in [2.05, 4.69) is 0 Å². The van der Waals surface area contributed by atoms with Gasteiger partial charge >= 0.3 is 0 Å². The highest BCUT2D eigenvalue weighted by Crippen LogP contribution is 2.31. The molecule has 0 bridgehead atoms. The molecule has 37 heavy (non-hydrogen) atoms. The van der Waals surface area contributed by atoms with E-state index in [4.69, 9.17) is 21.1 Å². The van der Waals surface area contributed by atoms with Gasteiger partial charge in [-0.3, -0.25) is 9.59 Å². The summed E-state index contributed by atoms with van der Waals surface area (Å²) in [5.41, 5.74) is 2.16. The molecule has 1 heterocycles. The third-order valence-corrected chi connectivity index (χ3v) is 8.43. The van der Waals surface area contributed by atoms with Crippen molar-refractivity contribution < 1.29 is 27.5 Å². The fraction of sp³-hybridized carbons (Fsp3) is 0.259. The van der Waals surface area contributed by atoms with Crippen LogP contribution < -0.4 is 14.4 Å². The summed E-state index contributed by atoms with van der Waals surface area (Å²) >= 11 is 5.97. The van der Waals surface area contributed by atoms with Crippen LogP contribution in [-0.4, -0.2) is 51.3 Å². The molecule has 1 aliphatic rings. The van der Waals surface area contributed by atoms with Crippen molar-refractivity contribution >= 4 is 39.1 Å². The Morgan fingerprint density at radius 2 is 1.59 bits per heavy atom. The molecule has 3 aromatic carbocycles. The molecule has 4 rings (SSSR count). The SMILES string of the molecule is COc1ccc(CCN(C2CC(=O)N(c3ccc(C)cc3)C2=O)S(=O)(=O)c2ccc(Cl)cc2)cc1OC. The average molecular weight is 543 g/mol. The van der Waals surface area contributed by atoms with Gasteiger partial charge in [0.15, 0.2) is 11.5 Å². The lowest BCUT2D eigenvalue weighted by Crippen LogP contribution is -2.46. The topological polar surface area (TPSA) is 93.2 Å². The van der Waals surface area contributed by atoms with E-state index < -0.39 is 27.9 Å². The minimum atomic E-state index is -4.15. The number of hydrogen-bond donors (Lipinski definition) is 0. The number of benzene rings is 3. The van der Waals surface area contributed by atoms with E-state index in [1.807, 2.05) is 6.92 Å². The highest BCUT2D eigenvalue weighted by Gasteiger charge is 2.46. The molecule has 0 saturated carbocycles. The van der Waals surface area contributed by atoms with Crippen molar-refractivity contribution in [1.82, 2.24) is 4.31 Å². The number of carbonyl (C=O) groups excluding carboxylic acids is 2. The lowest BCUT2D eigenvalue weighted by Gasteiger charge is -2.27. The third kappa shape index (κ3) is 5.49. The molecule has 0 N–H and O–H groups in total. The zero-order valence-electron chi connectivity index (χ0n) is 20.7. The first kappa shape index (κ1) is 26.7. The second-order valence-electron chi connectivity index (χ2n) is 8.63. The summed E-state index contributed by atoms with van der Waals surface area (Å²) in [5.74, 6) is 0.00644.